The zero-order valence-electron chi connectivity index (χ0n) is 22.3. The molecule has 37 heavy (non-hydrogen) atoms. The maximum Gasteiger partial charge on any atom is 0.237 e. The van der Waals surface area contributed by atoms with Gasteiger partial charge in [0, 0.05) is 18.5 Å². The van der Waals surface area contributed by atoms with Crippen molar-refractivity contribution in [1.29, 1.82) is 5.26 Å². The Morgan fingerprint density at radius 2 is 1.78 bits per heavy atom. The Balaban J connectivity index is 1.10. The van der Waals surface area contributed by atoms with Crippen molar-refractivity contribution in [2.45, 2.75) is 114 Å². The van der Waals surface area contributed by atoms with Gasteiger partial charge in [-0.25, -0.2) is 0 Å². The molecule has 5 atom stereocenters. The monoisotopic (exact) mass is 520 g/mol. The Labute approximate surface area is 218 Å². The number of amides is 2. The molecule has 2 N–H and O–H groups in total. The number of hydrogen-bond donors (Lipinski definition) is 2. The molecule has 4 aliphatic heterocycles. The zero-order valence-corrected chi connectivity index (χ0v) is 22.3. The molecule has 0 aromatic carbocycles. The van der Waals surface area contributed by atoms with Crippen LogP contribution in [0.3, 0.4) is 0 Å². The van der Waals surface area contributed by atoms with E-state index in [9.17, 15) is 14.9 Å². The minimum atomic E-state index is -1.14. The number of nitriles is 1. The summed E-state index contributed by atoms with van der Waals surface area (Å²) in [5.74, 6) is -2.92. The van der Waals surface area contributed by atoms with Crippen LogP contribution >= 0.6 is 0 Å². The van der Waals surface area contributed by atoms with E-state index in [1.54, 1.807) is 4.90 Å². The molecule has 5 rings (SSSR count). The van der Waals surface area contributed by atoms with E-state index < -0.39 is 23.5 Å². The van der Waals surface area contributed by atoms with Crippen LogP contribution in [0.5, 0.6) is 0 Å². The second-order valence-corrected chi connectivity index (χ2v) is 11.8. The zero-order chi connectivity index (χ0) is 26.4. The largest absolute Gasteiger partial charge is 0.350 e. The molecule has 0 aromatic heterocycles. The third kappa shape index (κ3) is 5.51. The highest BCUT2D eigenvalue weighted by atomic mass is 16.9. The van der Waals surface area contributed by atoms with Crippen LogP contribution in [0.25, 0.3) is 0 Å². The Morgan fingerprint density at radius 1 is 1.03 bits per heavy atom. The minimum absolute atomic E-state index is 0.0193. The van der Waals surface area contributed by atoms with Gasteiger partial charge in [0.05, 0.1) is 25.8 Å². The van der Waals surface area contributed by atoms with Crippen LogP contribution in [0.1, 0.15) is 66.2 Å². The van der Waals surface area contributed by atoms with Gasteiger partial charge in [-0.15, -0.1) is 0 Å². The Bertz CT molecular complexity index is 928. The predicted octanol–water partition coefficient (Wildman–Crippen LogP) is 1.16. The summed E-state index contributed by atoms with van der Waals surface area (Å²) in [5, 5.41) is 15.6. The lowest BCUT2D eigenvalue weighted by molar-refractivity contribution is -0.277. The topological polar surface area (TPSA) is 131 Å². The van der Waals surface area contributed by atoms with Gasteiger partial charge >= 0.3 is 0 Å². The number of nitrogens with one attached hydrogen (secondary N) is 2. The van der Waals surface area contributed by atoms with Crippen molar-refractivity contribution < 1.29 is 33.3 Å². The molecule has 5 aliphatic rings. The minimum Gasteiger partial charge on any atom is -0.350 e. The highest BCUT2D eigenvalue weighted by Gasteiger charge is 2.65. The second-order valence-electron chi connectivity index (χ2n) is 11.8. The van der Waals surface area contributed by atoms with Gasteiger partial charge in [-0.2, -0.15) is 5.26 Å². The molecule has 0 bridgehead atoms. The quantitative estimate of drug-likeness (QED) is 0.530. The van der Waals surface area contributed by atoms with E-state index in [0.717, 1.165) is 38.5 Å². The van der Waals surface area contributed by atoms with Crippen molar-refractivity contribution in [2.24, 2.45) is 5.92 Å². The average molecular weight is 521 g/mol. The molecule has 1 saturated carbocycles. The summed E-state index contributed by atoms with van der Waals surface area (Å²) >= 11 is 0. The van der Waals surface area contributed by atoms with E-state index in [1.165, 1.54) is 0 Å². The molecule has 206 valence electrons. The van der Waals surface area contributed by atoms with Gasteiger partial charge in [-0.05, 0) is 66.2 Å². The Morgan fingerprint density at radius 3 is 2.51 bits per heavy atom. The summed E-state index contributed by atoms with van der Waals surface area (Å²) in [6.07, 6.45) is 3.59. The molecule has 1 aliphatic carbocycles. The lowest BCUT2D eigenvalue weighted by Crippen LogP contribution is -2.63. The molecule has 0 radical (unpaired) electrons. The van der Waals surface area contributed by atoms with Gasteiger partial charge in [0.2, 0.25) is 17.6 Å². The third-order valence-corrected chi connectivity index (χ3v) is 8.15. The number of nitrogens with zero attached hydrogens (tertiary/aromatic N) is 2. The summed E-state index contributed by atoms with van der Waals surface area (Å²) in [6, 6.07) is 2.10. The first-order valence-corrected chi connectivity index (χ1v) is 13.6. The van der Waals surface area contributed by atoms with Crippen molar-refractivity contribution in [1.82, 2.24) is 15.5 Å². The molecule has 0 spiro atoms. The summed E-state index contributed by atoms with van der Waals surface area (Å²) in [7, 11) is 0. The summed E-state index contributed by atoms with van der Waals surface area (Å²) < 4.78 is 30.7. The first-order chi connectivity index (χ1) is 17.5. The van der Waals surface area contributed by atoms with Gasteiger partial charge < -0.3 is 39.2 Å². The van der Waals surface area contributed by atoms with E-state index in [2.05, 4.69) is 16.7 Å². The van der Waals surface area contributed by atoms with Crippen LogP contribution in [0.2, 0.25) is 0 Å². The van der Waals surface area contributed by atoms with Crippen molar-refractivity contribution in [3.63, 3.8) is 0 Å². The summed E-state index contributed by atoms with van der Waals surface area (Å²) in [4.78, 5) is 27.3. The van der Waals surface area contributed by atoms with Gasteiger partial charge in [0.15, 0.2) is 11.6 Å². The molecule has 0 aromatic rings. The Hall–Kier alpha value is -1.81. The average Bonchev–Trinajstić information content (AvgIpc) is 3.53. The van der Waals surface area contributed by atoms with Crippen LogP contribution in [0.4, 0.5) is 0 Å². The number of likely N-dealkylation sites (tertiary alicyclic amines) is 1. The van der Waals surface area contributed by atoms with Crippen LogP contribution in [0, 0.1) is 17.2 Å². The first kappa shape index (κ1) is 26.8. The normalized spacial score (nSPS) is 40.0. The van der Waals surface area contributed by atoms with E-state index in [-0.39, 0.29) is 55.1 Å². The fourth-order valence-electron chi connectivity index (χ4n) is 6.43. The predicted molar refractivity (Wildman–Crippen MR) is 130 cm³/mol. The fraction of sp³-hybridized carbons (Fsp3) is 0.885. The number of rotatable bonds is 6. The van der Waals surface area contributed by atoms with E-state index in [4.69, 9.17) is 23.7 Å². The molecule has 11 heteroatoms. The highest BCUT2D eigenvalue weighted by Crippen LogP contribution is 2.47. The molecule has 11 nitrogen and oxygen atoms in total. The molecule has 5 unspecified atom stereocenters. The van der Waals surface area contributed by atoms with Gasteiger partial charge in [0.25, 0.3) is 0 Å². The van der Waals surface area contributed by atoms with Gasteiger partial charge in [-0.1, -0.05) is 0 Å². The van der Waals surface area contributed by atoms with Gasteiger partial charge in [-0.3, -0.25) is 9.59 Å². The van der Waals surface area contributed by atoms with E-state index >= 15 is 0 Å². The Kier molecular flexibility index (Phi) is 7.28. The van der Waals surface area contributed by atoms with Crippen LogP contribution in [-0.2, 0) is 33.3 Å². The highest BCUT2D eigenvalue weighted by molar-refractivity contribution is 5.79. The second kappa shape index (κ2) is 10.1. The van der Waals surface area contributed by atoms with Crippen molar-refractivity contribution in [2.75, 3.05) is 26.2 Å². The number of carbonyl (C=O) groups is 2. The van der Waals surface area contributed by atoms with Crippen molar-refractivity contribution in [3.8, 4) is 6.07 Å². The van der Waals surface area contributed by atoms with E-state index in [0.29, 0.717) is 13.2 Å². The smallest absolute Gasteiger partial charge is 0.237 e. The molecule has 5 fully saturated rings. The lowest BCUT2D eigenvalue weighted by Gasteiger charge is -2.41. The number of fused-ring (bicyclic) bond motifs is 3. The lowest BCUT2D eigenvalue weighted by atomic mass is 9.85. The maximum atomic E-state index is 13.1. The summed E-state index contributed by atoms with van der Waals surface area (Å²) in [5.41, 5.74) is 0. The first-order valence-electron chi connectivity index (χ1n) is 13.6. The molecule has 4 saturated heterocycles. The summed E-state index contributed by atoms with van der Waals surface area (Å²) in [6.45, 7) is 8.74. The van der Waals surface area contributed by atoms with Crippen LogP contribution in [0.15, 0.2) is 0 Å². The molecular weight excluding hydrogens is 480 g/mol. The molecule has 2 amide bonds. The number of hydrogen-bond acceptors (Lipinski definition) is 9. The standard InChI is InChI=1S/C26H40N4O7/c1-24(2)34-19-14-33-26(22(21(19)35-24)36-25(3,4)37-26)15-29-23(32)16-7-9-17(10-8-16)28-13-20(31)30-11-5-6-18(30)12-27/h16-19,21-22,28H,5-11,13-15H2,1-4H3,(H,29,32). The van der Waals surface area contributed by atoms with Gasteiger partial charge in [0.1, 0.15) is 24.4 Å². The van der Waals surface area contributed by atoms with Crippen molar-refractivity contribution in [3.05, 3.63) is 0 Å². The van der Waals surface area contributed by atoms with E-state index in [1.807, 2.05) is 27.7 Å². The number of carbonyl (C=O) groups excluding carboxylic acids is 2. The SMILES string of the molecule is CC1(C)OC2COC3(CNC(=O)C4CCC(NCC(=O)N5CCCC5C#N)CC4)OC(C)(C)OC3C2O1. The van der Waals surface area contributed by atoms with Crippen LogP contribution in [-0.4, -0.2) is 90.7 Å². The number of ether oxygens (including phenoxy) is 5. The molecular formula is C26H40N4O7. The molecule has 4 heterocycles. The van der Waals surface area contributed by atoms with Crippen molar-refractivity contribution >= 4 is 11.8 Å². The maximum absolute atomic E-state index is 13.1. The third-order valence-electron chi connectivity index (χ3n) is 8.15. The van der Waals surface area contributed by atoms with Crippen LogP contribution < -0.4 is 10.6 Å². The fourth-order valence-corrected chi connectivity index (χ4v) is 6.43.